The first kappa shape index (κ1) is 14.7. The molecule has 2 heterocycles. The summed E-state index contributed by atoms with van der Waals surface area (Å²) in [7, 11) is 1.67. The number of aromatic nitrogens is 2. The molecule has 1 fully saturated rings. The van der Waals surface area contributed by atoms with Gasteiger partial charge in [-0.05, 0) is 19.3 Å². The lowest BCUT2D eigenvalue weighted by molar-refractivity contribution is -0.384. The van der Waals surface area contributed by atoms with Gasteiger partial charge in [0.2, 0.25) is 5.82 Å². The van der Waals surface area contributed by atoms with E-state index in [1.165, 1.54) is 4.68 Å². The molecule has 8 nitrogen and oxygen atoms in total. The number of nitrogens with one attached hydrogen (secondary N) is 1. The number of aryl methyl sites for hydroxylation is 2. The van der Waals surface area contributed by atoms with Crippen LogP contribution in [0.1, 0.15) is 25.5 Å². The standard InChI is InChI=1S/C12H20N4O4/c1-3-9-10(16(18)19)11(15(2)14-9)13-12(8-17)4-6-20-7-5-12/h13,17H,3-8H2,1-2H3. The van der Waals surface area contributed by atoms with Crippen molar-refractivity contribution in [2.45, 2.75) is 31.7 Å². The Kier molecular flexibility index (Phi) is 4.24. The van der Waals surface area contributed by atoms with Crippen molar-refractivity contribution in [2.75, 3.05) is 25.1 Å². The van der Waals surface area contributed by atoms with E-state index < -0.39 is 10.5 Å². The summed E-state index contributed by atoms with van der Waals surface area (Å²) >= 11 is 0. The molecule has 0 aromatic carbocycles. The Bertz CT molecular complexity index is 494. The summed E-state index contributed by atoms with van der Waals surface area (Å²) in [5.41, 5.74) is -0.142. The number of nitrogens with zero attached hydrogens (tertiary/aromatic N) is 3. The van der Waals surface area contributed by atoms with Crippen LogP contribution >= 0.6 is 0 Å². The molecule has 1 aliphatic rings. The van der Waals surface area contributed by atoms with Crippen LogP contribution in [0.25, 0.3) is 0 Å². The Morgan fingerprint density at radius 1 is 1.55 bits per heavy atom. The van der Waals surface area contributed by atoms with Crippen molar-refractivity contribution in [1.29, 1.82) is 0 Å². The largest absolute Gasteiger partial charge is 0.394 e. The van der Waals surface area contributed by atoms with Crippen LogP contribution < -0.4 is 5.32 Å². The van der Waals surface area contributed by atoms with Crippen LogP contribution in [-0.2, 0) is 18.2 Å². The number of ether oxygens (including phenoxy) is 1. The normalized spacial score (nSPS) is 17.9. The number of aliphatic hydroxyl groups is 1. The van der Waals surface area contributed by atoms with Gasteiger partial charge >= 0.3 is 5.69 Å². The molecule has 0 spiro atoms. The zero-order valence-corrected chi connectivity index (χ0v) is 11.8. The Morgan fingerprint density at radius 2 is 2.20 bits per heavy atom. The van der Waals surface area contributed by atoms with Crippen LogP contribution in [0.3, 0.4) is 0 Å². The van der Waals surface area contributed by atoms with E-state index in [4.69, 9.17) is 4.74 Å². The smallest absolute Gasteiger partial charge is 0.333 e. The highest BCUT2D eigenvalue weighted by molar-refractivity contribution is 5.61. The Hall–Kier alpha value is -1.67. The number of anilines is 1. The van der Waals surface area contributed by atoms with Gasteiger partial charge in [0.1, 0.15) is 5.69 Å². The molecule has 0 saturated carbocycles. The maximum absolute atomic E-state index is 11.3. The molecule has 0 unspecified atom stereocenters. The first-order valence-electron chi connectivity index (χ1n) is 6.70. The molecule has 20 heavy (non-hydrogen) atoms. The summed E-state index contributed by atoms with van der Waals surface area (Å²) in [6, 6.07) is 0. The SMILES string of the molecule is CCc1nn(C)c(NC2(CO)CCOCC2)c1[N+](=O)[O-]. The molecule has 2 N–H and O–H groups in total. The van der Waals surface area contributed by atoms with Crippen LogP contribution in [0.15, 0.2) is 0 Å². The van der Waals surface area contributed by atoms with E-state index in [1.807, 2.05) is 6.92 Å². The van der Waals surface area contributed by atoms with Crippen LogP contribution in [-0.4, -0.2) is 45.2 Å². The third-order valence-electron chi connectivity index (χ3n) is 3.75. The van der Waals surface area contributed by atoms with Crippen molar-refractivity contribution in [3.63, 3.8) is 0 Å². The minimum atomic E-state index is -0.582. The zero-order valence-electron chi connectivity index (χ0n) is 11.8. The van der Waals surface area contributed by atoms with Gasteiger partial charge in [-0.3, -0.25) is 10.1 Å². The lowest BCUT2D eigenvalue weighted by Gasteiger charge is -2.36. The van der Waals surface area contributed by atoms with Crippen molar-refractivity contribution >= 4 is 11.5 Å². The molecule has 1 aromatic rings. The van der Waals surface area contributed by atoms with Gasteiger partial charge in [0.15, 0.2) is 0 Å². The van der Waals surface area contributed by atoms with E-state index in [0.29, 0.717) is 44.0 Å². The predicted octanol–water partition coefficient (Wildman–Crippen LogP) is 0.844. The van der Waals surface area contributed by atoms with Gasteiger partial charge in [0.25, 0.3) is 0 Å². The summed E-state index contributed by atoms with van der Waals surface area (Å²) in [6.07, 6.45) is 1.70. The fraction of sp³-hybridized carbons (Fsp3) is 0.750. The average molecular weight is 284 g/mol. The summed E-state index contributed by atoms with van der Waals surface area (Å²) in [4.78, 5) is 10.9. The minimum Gasteiger partial charge on any atom is -0.394 e. The van der Waals surface area contributed by atoms with Crippen molar-refractivity contribution < 1.29 is 14.8 Å². The van der Waals surface area contributed by atoms with Crippen molar-refractivity contribution in [2.24, 2.45) is 7.05 Å². The number of hydrogen-bond donors (Lipinski definition) is 2. The highest BCUT2D eigenvalue weighted by Crippen LogP contribution is 2.33. The molecule has 8 heteroatoms. The van der Waals surface area contributed by atoms with Crippen LogP contribution in [0.2, 0.25) is 0 Å². The fourth-order valence-electron chi connectivity index (χ4n) is 2.47. The molecule has 112 valence electrons. The lowest BCUT2D eigenvalue weighted by Crippen LogP contribution is -2.47. The fourth-order valence-corrected chi connectivity index (χ4v) is 2.47. The number of nitro groups is 1. The van der Waals surface area contributed by atoms with Crippen molar-refractivity contribution in [3.8, 4) is 0 Å². The third-order valence-corrected chi connectivity index (χ3v) is 3.75. The highest BCUT2D eigenvalue weighted by atomic mass is 16.6. The van der Waals surface area contributed by atoms with Gasteiger partial charge in [-0.15, -0.1) is 0 Å². The molecule has 0 atom stereocenters. The zero-order chi connectivity index (χ0) is 14.8. The quantitative estimate of drug-likeness (QED) is 0.613. The summed E-state index contributed by atoms with van der Waals surface area (Å²) in [5, 5.41) is 28.3. The van der Waals surface area contributed by atoms with E-state index in [0.717, 1.165) is 0 Å². The third kappa shape index (κ3) is 2.61. The van der Waals surface area contributed by atoms with Crippen LogP contribution in [0.5, 0.6) is 0 Å². The van der Waals surface area contributed by atoms with E-state index in [1.54, 1.807) is 7.05 Å². The highest BCUT2D eigenvalue weighted by Gasteiger charge is 2.36. The van der Waals surface area contributed by atoms with Crippen molar-refractivity contribution in [1.82, 2.24) is 9.78 Å². The average Bonchev–Trinajstić information content (AvgIpc) is 2.76. The molecule has 1 aromatic heterocycles. The molecule has 0 bridgehead atoms. The van der Waals surface area contributed by atoms with E-state index in [2.05, 4.69) is 10.4 Å². The maximum atomic E-state index is 11.3. The molecule has 0 radical (unpaired) electrons. The maximum Gasteiger partial charge on any atom is 0.333 e. The van der Waals surface area contributed by atoms with E-state index in [-0.39, 0.29) is 12.3 Å². The number of hydrogen-bond acceptors (Lipinski definition) is 6. The van der Waals surface area contributed by atoms with E-state index in [9.17, 15) is 15.2 Å². The first-order chi connectivity index (χ1) is 9.53. The van der Waals surface area contributed by atoms with Gasteiger partial charge in [-0.25, -0.2) is 4.68 Å². The summed E-state index contributed by atoms with van der Waals surface area (Å²) in [6.45, 7) is 2.79. The molecule has 1 aliphatic heterocycles. The summed E-state index contributed by atoms with van der Waals surface area (Å²) in [5.74, 6) is 0.350. The van der Waals surface area contributed by atoms with Gasteiger partial charge in [0.05, 0.1) is 17.1 Å². The molecule has 0 aliphatic carbocycles. The van der Waals surface area contributed by atoms with Gasteiger partial charge in [-0.1, -0.05) is 6.92 Å². The Morgan fingerprint density at radius 3 is 2.70 bits per heavy atom. The summed E-state index contributed by atoms with van der Waals surface area (Å²) < 4.78 is 6.77. The second kappa shape index (κ2) is 5.76. The van der Waals surface area contributed by atoms with Crippen LogP contribution in [0.4, 0.5) is 11.5 Å². The topological polar surface area (TPSA) is 102 Å². The molecule has 0 amide bonds. The van der Waals surface area contributed by atoms with Gasteiger partial charge in [-0.2, -0.15) is 5.10 Å². The second-order valence-electron chi connectivity index (χ2n) is 5.05. The monoisotopic (exact) mass is 284 g/mol. The van der Waals surface area contributed by atoms with Crippen molar-refractivity contribution in [3.05, 3.63) is 15.8 Å². The van der Waals surface area contributed by atoms with Crippen LogP contribution in [0, 0.1) is 10.1 Å². The molecule has 2 rings (SSSR count). The molecular formula is C12H20N4O4. The first-order valence-corrected chi connectivity index (χ1v) is 6.70. The minimum absolute atomic E-state index is 0.00526. The Balaban J connectivity index is 2.36. The molecular weight excluding hydrogens is 264 g/mol. The molecule has 1 saturated heterocycles. The predicted molar refractivity (Wildman–Crippen MR) is 72.7 cm³/mol. The number of rotatable bonds is 5. The lowest BCUT2D eigenvalue weighted by atomic mass is 9.91. The van der Waals surface area contributed by atoms with Gasteiger partial charge < -0.3 is 15.2 Å². The Labute approximate surface area is 116 Å². The van der Waals surface area contributed by atoms with Gasteiger partial charge in [0, 0.05) is 20.3 Å². The number of aliphatic hydroxyl groups excluding tert-OH is 1. The second-order valence-corrected chi connectivity index (χ2v) is 5.05. The van der Waals surface area contributed by atoms with E-state index >= 15 is 0 Å².